The predicted octanol–water partition coefficient (Wildman–Crippen LogP) is 0.335. The van der Waals surface area contributed by atoms with Crippen molar-refractivity contribution in [1.82, 2.24) is 20.5 Å². The second kappa shape index (κ2) is 8.96. The Hall–Kier alpha value is -2.46. The van der Waals surface area contributed by atoms with Gasteiger partial charge in [-0.1, -0.05) is 20.8 Å². The second-order valence-electron chi connectivity index (χ2n) is 7.16. The van der Waals surface area contributed by atoms with E-state index in [-0.39, 0.29) is 36.8 Å². The van der Waals surface area contributed by atoms with Crippen LogP contribution in [-0.4, -0.2) is 48.4 Å². The van der Waals surface area contributed by atoms with Gasteiger partial charge < -0.3 is 5.32 Å². The molecule has 9 nitrogen and oxygen atoms in total. The maximum Gasteiger partial charge on any atom is 0.286 e. The molecule has 0 atom stereocenters. The van der Waals surface area contributed by atoms with Crippen LogP contribution >= 0.6 is 0 Å². The minimum atomic E-state index is -3.66. The molecule has 0 saturated carbocycles. The Bertz CT molecular complexity index is 849. The summed E-state index contributed by atoms with van der Waals surface area (Å²) in [6, 6.07) is 3.55. The Kier molecular flexibility index (Phi) is 6.92. The highest BCUT2D eigenvalue weighted by molar-refractivity contribution is 7.86. The van der Waals surface area contributed by atoms with Crippen LogP contribution in [0.25, 0.3) is 11.4 Å². The fraction of sp³-hybridized carbons (Fsp3) is 0.471. The van der Waals surface area contributed by atoms with Crippen LogP contribution < -0.4 is 9.88 Å². The van der Waals surface area contributed by atoms with Crippen molar-refractivity contribution in [1.29, 1.82) is 0 Å². The Morgan fingerprint density at radius 1 is 1.22 bits per heavy atom. The van der Waals surface area contributed by atoms with Crippen LogP contribution in [0.3, 0.4) is 0 Å². The lowest BCUT2D eigenvalue weighted by atomic mass is 9.99. The number of amides is 1. The quantitative estimate of drug-likeness (QED) is 0.507. The first-order chi connectivity index (χ1) is 12.6. The summed E-state index contributed by atoms with van der Waals surface area (Å²) in [7, 11) is -3.66. The van der Waals surface area contributed by atoms with E-state index in [2.05, 4.69) is 20.5 Å². The first-order valence-electron chi connectivity index (χ1n) is 8.42. The van der Waals surface area contributed by atoms with Gasteiger partial charge in [0.05, 0.1) is 18.6 Å². The fourth-order valence-electron chi connectivity index (χ4n) is 1.95. The number of nitrogens with zero attached hydrogens (tertiary/aromatic N) is 4. The molecular weight excluding hydrogens is 370 g/mol. The summed E-state index contributed by atoms with van der Waals surface area (Å²) in [5.41, 5.74) is 0.529. The molecule has 1 N–H and O–H groups in total. The summed E-state index contributed by atoms with van der Waals surface area (Å²) in [6.45, 7) is 5.81. The molecule has 0 radical (unpaired) electrons. The number of carbonyl (C=O) groups excluding carboxylic acids is 1. The molecular formula is C17H24N5O4S+. The van der Waals surface area contributed by atoms with Gasteiger partial charge in [-0.2, -0.15) is 18.1 Å². The minimum absolute atomic E-state index is 0.00647. The Balaban J connectivity index is 1.79. The van der Waals surface area contributed by atoms with Crippen LogP contribution in [0.4, 0.5) is 0 Å². The summed E-state index contributed by atoms with van der Waals surface area (Å²) in [4.78, 5) is 16.1. The van der Waals surface area contributed by atoms with E-state index >= 15 is 0 Å². The van der Waals surface area contributed by atoms with Gasteiger partial charge in [-0.25, -0.2) is 4.98 Å². The summed E-state index contributed by atoms with van der Waals surface area (Å²) in [5.74, 6) is -0.0671. The molecule has 0 unspecified atom stereocenters. The molecule has 146 valence electrons. The lowest BCUT2D eigenvalue weighted by molar-refractivity contribution is -0.684. The Morgan fingerprint density at radius 3 is 2.52 bits per heavy atom. The Labute approximate surface area is 158 Å². The van der Waals surface area contributed by atoms with Crippen LogP contribution in [0, 0.1) is 5.41 Å². The fourth-order valence-corrected chi connectivity index (χ4v) is 2.96. The van der Waals surface area contributed by atoms with Crippen molar-refractivity contribution in [3.63, 3.8) is 0 Å². The van der Waals surface area contributed by atoms with E-state index in [0.29, 0.717) is 5.82 Å². The topological polar surface area (TPSA) is 115 Å². The lowest BCUT2D eigenvalue weighted by Gasteiger charge is -2.17. The van der Waals surface area contributed by atoms with Gasteiger partial charge in [0, 0.05) is 30.4 Å². The number of hydrogen-bond donors (Lipinski definition) is 1. The van der Waals surface area contributed by atoms with E-state index in [1.807, 2.05) is 20.8 Å². The van der Waals surface area contributed by atoms with Gasteiger partial charge >= 0.3 is 0 Å². The summed E-state index contributed by atoms with van der Waals surface area (Å²) >= 11 is 0. The third-order valence-electron chi connectivity index (χ3n) is 3.30. The van der Waals surface area contributed by atoms with Crippen molar-refractivity contribution in [2.75, 3.05) is 18.9 Å². The van der Waals surface area contributed by atoms with Crippen molar-refractivity contribution < 1.29 is 22.0 Å². The number of carbonyl (C=O) groups is 1. The van der Waals surface area contributed by atoms with Gasteiger partial charge in [0.1, 0.15) is 0 Å². The van der Waals surface area contributed by atoms with Crippen molar-refractivity contribution in [2.24, 2.45) is 5.41 Å². The zero-order chi connectivity index (χ0) is 19.9. The van der Waals surface area contributed by atoms with Crippen LogP contribution in [0.5, 0.6) is 0 Å². The van der Waals surface area contributed by atoms with Crippen LogP contribution in [0.2, 0.25) is 0 Å². The molecule has 0 aliphatic heterocycles. The molecule has 0 aliphatic rings. The first-order valence-corrected chi connectivity index (χ1v) is 9.99. The highest BCUT2D eigenvalue weighted by Gasteiger charge is 2.18. The monoisotopic (exact) mass is 394 g/mol. The lowest BCUT2D eigenvalue weighted by Crippen LogP contribution is -2.43. The third kappa shape index (κ3) is 7.75. The SMILES string of the molecule is CC(C)(C)COS(=O)(=O)CCNC(=O)C[n+]1ccc(-c2nccnn2)cc1. The second-order valence-corrected chi connectivity index (χ2v) is 8.92. The highest BCUT2D eigenvalue weighted by Crippen LogP contribution is 2.14. The Morgan fingerprint density at radius 2 is 1.93 bits per heavy atom. The molecule has 27 heavy (non-hydrogen) atoms. The van der Waals surface area contributed by atoms with E-state index in [1.54, 1.807) is 35.3 Å². The molecule has 0 aromatic carbocycles. The molecule has 2 aromatic rings. The largest absolute Gasteiger partial charge is 0.349 e. The normalized spacial score (nSPS) is 12.0. The molecule has 0 spiro atoms. The number of rotatable bonds is 8. The molecule has 0 aliphatic carbocycles. The van der Waals surface area contributed by atoms with Gasteiger partial charge in [0.25, 0.3) is 16.0 Å². The van der Waals surface area contributed by atoms with Crippen LogP contribution in [-0.2, 0) is 25.6 Å². The molecule has 2 heterocycles. The summed E-state index contributed by atoms with van der Waals surface area (Å²) < 4.78 is 30.2. The first kappa shape index (κ1) is 20.8. The predicted molar refractivity (Wildman–Crippen MR) is 97.7 cm³/mol. The van der Waals surface area contributed by atoms with Crippen molar-refractivity contribution >= 4 is 16.0 Å². The maximum atomic E-state index is 12.0. The van der Waals surface area contributed by atoms with Crippen molar-refractivity contribution in [3.05, 3.63) is 36.9 Å². The van der Waals surface area contributed by atoms with E-state index < -0.39 is 10.1 Å². The number of pyridine rings is 1. The van der Waals surface area contributed by atoms with Gasteiger partial charge in [0.2, 0.25) is 6.54 Å². The highest BCUT2D eigenvalue weighted by atomic mass is 32.2. The standard InChI is InChI=1S/C17H23N5O4S/c1-17(2,3)13-26-27(24,25)11-8-18-15(23)12-22-9-4-14(5-10-22)16-19-6-7-20-21-16/h4-7,9-10H,8,11-13H2,1-3H3/p+1. The summed E-state index contributed by atoms with van der Waals surface area (Å²) in [6.07, 6.45) is 6.48. The average Bonchev–Trinajstić information content (AvgIpc) is 2.61. The molecule has 0 bridgehead atoms. The molecule has 0 saturated heterocycles. The smallest absolute Gasteiger partial charge is 0.286 e. The third-order valence-corrected chi connectivity index (χ3v) is 4.48. The molecule has 2 rings (SSSR count). The van der Waals surface area contributed by atoms with Crippen LogP contribution in [0.15, 0.2) is 36.9 Å². The number of aromatic nitrogens is 4. The molecule has 1 amide bonds. The van der Waals surface area contributed by atoms with Gasteiger partial charge in [-0.05, 0) is 5.41 Å². The molecule has 0 fully saturated rings. The maximum absolute atomic E-state index is 12.0. The average molecular weight is 394 g/mol. The van der Waals surface area contributed by atoms with E-state index in [4.69, 9.17) is 4.18 Å². The zero-order valence-electron chi connectivity index (χ0n) is 15.6. The minimum Gasteiger partial charge on any atom is -0.349 e. The molecule has 10 heteroatoms. The number of hydrogen-bond acceptors (Lipinski definition) is 7. The van der Waals surface area contributed by atoms with Crippen molar-refractivity contribution in [2.45, 2.75) is 27.3 Å². The number of nitrogens with one attached hydrogen (secondary N) is 1. The van der Waals surface area contributed by atoms with Gasteiger partial charge in [-0.3, -0.25) is 8.98 Å². The zero-order valence-corrected chi connectivity index (χ0v) is 16.4. The van der Waals surface area contributed by atoms with Gasteiger partial charge in [0.15, 0.2) is 18.2 Å². The van der Waals surface area contributed by atoms with Gasteiger partial charge in [-0.15, -0.1) is 5.10 Å². The van der Waals surface area contributed by atoms with Crippen molar-refractivity contribution in [3.8, 4) is 11.4 Å². The van der Waals surface area contributed by atoms with E-state index in [0.717, 1.165) is 5.56 Å². The molecule has 2 aromatic heterocycles. The van der Waals surface area contributed by atoms with E-state index in [1.165, 1.54) is 6.20 Å². The summed E-state index contributed by atoms with van der Waals surface area (Å²) in [5, 5.41) is 10.3. The van der Waals surface area contributed by atoms with E-state index in [9.17, 15) is 13.2 Å². The van der Waals surface area contributed by atoms with Crippen LogP contribution in [0.1, 0.15) is 20.8 Å².